The Morgan fingerprint density at radius 1 is 1.40 bits per heavy atom. The normalized spacial score (nSPS) is 15.5. The summed E-state index contributed by atoms with van der Waals surface area (Å²) in [7, 11) is 1.70. The topological polar surface area (TPSA) is 27.1 Å². The lowest BCUT2D eigenvalue weighted by molar-refractivity contribution is 0.282. The maximum atomic E-state index is 5.93. The number of halogens is 1. The number of hydrogen-bond donors (Lipinski definition) is 0. The minimum Gasteiger partial charge on any atom is -0.494 e. The molecule has 2 aromatic rings. The fraction of sp³-hybridized carbons (Fsp3) is 0.562. The van der Waals surface area contributed by atoms with Crippen LogP contribution in [0.2, 0.25) is 0 Å². The number of ether oxygens (including phenoxy) is 1. The molecule has 0 bridgehead atoms. The molecule has 0 amide bonds. The van der Waals surface area contributed by atoms with E-state index in [1.54, 1.807) is 7.11 Å². The van der Waals surface area contributed by atoms with Gasteiger partial charge in [0.15, 0.2) is 0 Å². The number of nitrogens with zero attached hydrogens (tertiary/aromatic N) is 2. The molecule has 20 heavy (non-hydrogen) atoms. The van der Waals surface area contributed by atoms with Crippen molar-refractivity contribution in [3.05, 3.63) is 24.0 Å². The van der Waals surface area contributed by atoms with Gasteiger partial charge < -0.3 is 9.30 Å². The van der Waals surface area contributed by atoms with E-state index in [1.165, 1.54) is 31.2 Å². The van der Waals surface area contributed by atoms with Gasteiger partial charge in [0.05, 0.1) is 12.6 Å². The molecule has 0 saturated heterocycles. The Bertz CT molecular complexity index is 589. The van der Waals surface area contributed by atoms with Crippen molar-refractivity contribution in [2.45, 2.75) is 38.6 Å². The molecule has 0 aliphatic heterocycles. The molecule has 0 spiro atoms. The van der Waals surface area contributed by atoms with Crippen molar-refractivity contribution < 1.29 is 4.74 Å². The highest BCUT2D eigenvalue weighted by atomic mass is 35.5. The smallest absolute Gasteiger partial charge is 0.146 e. The largest absolute Gasteiger partial charge is 0.494 e. The molecule has 0 N–H and O–H groups in total. The Balaban J connectivity index is 1.94. The quantitative estimate of drug-likeness (QED) is 0.752. The van der Waals surface area contributed by atoms with Crippen LogP contribution < -0.4 is 4.74 Å². The molecule has 1 aromatic heterocycles. The molecular formula is C16H21ClN2O. The van der Waals surface area contributed by atoms with Gasteiger partial charge >= 0.3 is 0 Å². The second-order valence-electron chi connectivity index (χ2n) is 5.53. The molecule has 1 fully saturated rings. The van der Waals surface area contributed by atoms with Gasteiger partial charge in [-0.1, -0.05) is 25.3 Å². The van der Waals surface area contributed by atoms with Crippen LogP contribution in [0.5, 0.6) is 5.75 Å². The standard InChI is InChI=1S/C16H21ClN2O/c1-20-14-7-3-6-13-16(14)18-15(8-10-17)19(13)11-9-12-4-2-5-12/h3,6-7,12H,2,4-5,8-11H2,1H3. The summed E-state index contributed by atoms with van der Waals surface area (Å²) in [6.07, 6.45) is 6.24. The zero-order valence-electron chi connectivity index (χ0n) is 11.9. The summed E-state index contributed by atoms with van der Waals surface area (Å²) < 4.78 is 7.75. The molecule has 4 heteroatoms. The summed E-state index contributed by atoms with van der Waals surface area (Å²) in [5, 5.41) is 0. The third kappa shape index (κ3) is 2.51. The lowest BCUT2D eigenvalue weighted by Gasteiger charge is -2.25. The molecule has 108 valence electrons. The van der Waals surface area contributed by atoms with Crippen molar-refractivity contribution in [3.63, 3.8) is 0 Å². The van der Waals surface area contributed by atoms with Crippen LogP contribution in [0.4, 0.5) is 0 Å². The third-order valence-corrected chi connectivity index (χ3v) is 4.53. The first-order valence-electron chi connectivity index (χ1n) is 7.41. The number of methoxy groups -OCH3 is 1. The van der Waals surface area contributed by atoms with Crippen molar-refractivity contribution in [1.29, 1.82) is 0 Å². The number of aromatic nitrogens is 2. The molecule has 3 nitrogen and oxygen atoms in total. The van der Waals surface area contributed by atoms with Crippen molar-refractivity contribution in [3.8, 4) is 5.75 Å². The summed E-state index contributed by atoms with van der Waals surface area (Å²) in [6, 6.07) is 6.13. The van der Waals surface area contributed by atoms with Gasteiger partial charge in [-0.3, -0.25) is 0 Å². The van der Waals surface area contributed by atoms with E-state index in [1.807, 2.05) is 12.1 Å². The Labute approximate surface area is 124 Å². The Hall–Kier alpha value is -1.22. The van der Waals surface area contributed by atoms with Crippen molar-refractivity contribution in [1.82, 2.24) is 9.55 Å². The van der Waals surface area contributed by atoms with E-state index in [-0.39, 0.29) is 0 Å². The number of aryl methyl sites for hydroxylation is 2. The summed E-state index contributed by atoms with van der Waals surface area (Å²) in [4.78, 5) is 4.75. The van der Waals surface area contributed by atoms with Crippen LogP contribution in [0.25, 0.3) is 11.0 Å². The van der Waals surface area contributed by atoms with Crippen LogP contribution >= 0.6 is 11.6 Å². The van der Waals surface area contributed by atoms with Gasteiger partial charge in [-0.25, -0.2) is 4.98 Å². The number of rotatable bonds is 6. The number of benzene rings is 1. The monoisotopic (exact) mass is 292 g/mol. The molecule has 1 aromatic carbocycles. The molecule has 1 aliphatic carbocycles. The van der Waals surface area contributed by atoms with Gasteiger partial charge in [0.2, 0.25) is 0 Å². The van der Waals surface area contributed by atoms with E-state index in [0.29, 0.717) is 5.88 Å². The van der Waals surface area contributed by atoms with E-state index in [9.17, 15) is 0 Å². The Morgan fingerprint density at radius 2 is 2.25 bits per heavy atom. The first-order valence-corrected chi connectivity index (χ1v) is 7.95. The zero-order valence-corrected chi connectivity index (χ0v) is 12.7. The van der Waals surface area contributed by atoms with Gasteiger partial charge in [-0.05, 0) is 24.5 Å². The average Bonchev–Trinajstić information content (AvgIpc) is 2.75. The average molecular weight is 293 g/mol. The Kier molecular flexibility index (Phi) is 4.16. The first kappa shape index (κ1) is 13.7. The van der Waals surface area contributed by atoms with Crippen LogP contribution in [-0.2, 0) is 13.0 Å². The minimum absolute atomic E-state index is 0.606. The Morgan fingerprint density at radius 3 is 2.90 bits per heavy atom. The van der Waals surface area contributed by atoms with E-state index in [2.05, 4.69) is 10.6 Å². The predicted molar refractivity (Wildman–Crippen MR) is 82.7 cm³/mol. The number of fused-ring (bicyclic) bond motifs is 1. The molecule has 0 radical (unpaired) electrons. The molecule has 1 aliphatic rings. The summed E-state index contributed by atoms with van der Waals surface area (Å²) in [6.45, 7) is 1.04. The number of imidazole rings is 1. The maximum Gasteiger partial charge on any atom is 0.146 e. The number of hydrogen-bond acceptors (Lipinski definition) is 2. The minimum atomic E-state index is 0.606. The van der Waals surface area contributed by atoms with Crippen LogP contribution in [0.15, 0.2) is 18.2 Å². The molecular weight excluding hydrogens is 272 g/mol. The van der Waals surface area contributed by atoms with E-state index in [4.69, 9.17) is 21.3 Å². The summed E-state index contributed by atoms with van der Waals surface area (Å²) in [5.74, 6) is 3.44. The maximum absolute atomic E-state index is 5.93. The lowest BCUT2D eigenvalue weighted by atomic mass is 9.83. The highest BCUT2D eigenvalue weighted by Crippen LogP contribution is 2.31. The number of alkyl halides is 1. The van der Waals surface area contributed by atoms with Crippen LogP contribution in [0.1, 0.15) is 31.5 Å². The van der Waals surface area contributed by atoms with Gasteiger partial charge in [0, 0.05) is 18.8 Å². The molecule has 3 rings (SSSR count). The number of para-hydroxylation sites is 1. The van der Waals surface area contributed by atoms with Crippen molar-refractivity contribution >= 4 is 22.6 Å². The SMILES string of the molecule is COc1cccc2c1nc(CCCl)n2CCC1CCC1. The molecule has 0 atom stereocenters. The van der Waals surface area contributed by atoms with E-state index in [0.717, 1.165) is 36.0 Å². The van der Waals surface area contributed by atoms with Gasteiger partial charge in [-0.15, -0.1) is 11.6 Å². The summed E-state index contributed by atoms with van der Waals surface area (Å²) in [5.41, 5.74) is 2.13. The fourth-order valence-corrected chi connectivity index (χ4v) is 3.12. The molecule has 1 saturated carbocycles. The molecule has 0 unspecified atom stereocenters. The first-order chi connectivity index (χ1) is 9.83. The van der Waals surface area contributed by atoms with Crippen LogP contribution in [-0.4, -0.2) is 22.5 Å². The second kappa shape index (κ2) is 6.04. The second-order valence-corrected chi connectivity index (χ2v) is 5.91. The zero-order chi connectivity index (χ0) is 13.9. The highest BCUT2D eigenvalue weighted by molar-refractivity contribution is 6.17. The van der Waals surface area contributed by atoms with Gasteiger partial charge in [-0.2, -0.15) is 0 Å². The van der Waals surface area contributed by atoms with Crippen molar-refractivity contribution in [2.24, 2.45) is 5.92 Å². The van der Waals surface area contributed by atoms with Gasteiger partial charge in [0.25, 0.3) is 0 Å². The predicted octanol–water partition coefficient (Wildman–Crippen LogP) is 4.02. The lowest BCUT2D eigenvalue weighted by Crippen LogP contribution is -2.15. The summed E-state index contributed by atoms with van der Waals surface area (Å²) >= 11 is 5.93. The van der Waals surface area contributed by atoms with Crippen molar-refractivity contribution in [2.75, 3.05) is 13.0 Å². The van der Waals surface area contributed by atoms with Gasteiger partial charge in [0.1, 0.15) is 17.1 Å². The van der Waals surface area contributed by atoms with E-state index < -0.39 is 0 Å². The van der Waals surface area contributed by atoms with Crippen LogP contribution in [0, 0.1) is 5.92 Å². The van der Waals surface area contributed by atoms with E-state index >= 15 is 0 Å². The molecule has 1 heterocycles. The van der Waals surface area contributed by atoms with Crippen LogP contribution in [0.3, 0.4) is 0 Å². The highest BCUT2D eigenvalue weighted by Gasteiger charge is 2.19. The fourth-order valence-electron chi connectivity index (χ4n) is 2.95. The third-order valence-electron chi connectivity index (χ3n) is 4.34.